The number of nitrogens with one attached hydrogen (secondary N) is 2. The number of hydrogen-bond acceptors (Lipinski definition) is 4. The Labute approximate surface area is 134 Å². The highest BCUT2D eigenvalue weighted by Crippen LogP contribution is 2.22. The third-order valence-electron chi connectivity index (χ3n) is 2.93. The van der Waals surface area contributed by atoms with Gasteiger partial charge in [-0.2, -0.15) is 0 Å². The molecule has 0 spiro atoms. The number of hydrazine groups is 1. The predicted octanol–water partition coefficient (Wildman–Crippen LogP) is 2.87. The molecule has 0 saturated carbocycles. The first-order chi connectivity index (χ1) is 11.2. The molecule has 0 saturated heterocycles. The van der Waals surface area contributed by atoms with E-state index in [2.05, 4.69) is 15.6 Å². The lowest BCUT2D eigenvalue weighted by molar-refractivity contribution is -0.274. The molecule has 0 fully saturated rings. The Morgan fingerprint density at radius 2 is 1.62 bits per heavy atom. The number of hydrogen-bond donors (Lipinski definition) is 2. The van der Waals surface area contributed by atoms with Gasteiger partial charge in [0.1, 0.15) is 17.3 Å². The first-order valence-corrected chi connectivity index (χ1v) is 6.69. The molecule has 0 aliphatic rings. The second-order valence-electron chi connectivity index (χ2n) is 4.81. The monoisotopic (exact) mass is 342 g/mol. The molecular weight excluding hydrogens is 329 g/mol. The van der Waals surface area contributed by atoms with Gasteiger partial charge in [0.15, 0.2) is 0 Å². The normalized spacial score (nSPS) is 11.0. The maximum Gasteiger partial charge on any atom is 0.573 e. The number of carbonyl (C=O) groups excluding carboxylic acids is 2. The number of amides is 2. The van der Waals surface area contributed by atoms with Gasteiger partial charge in [0, 0.05) is 5.56 Å². The lowest BCUT2D eigenvalue weighted by Gasteiger charge is -2.10. The molecule has 0 atom stereocenters. The van der Waals surface area contributed by atoms with Gasteiger partial charge in [0.05, 0.1) is 5.56 Å². The number of aryl methyl sites for hydroxylation is 2. The maximum atomic E-state index is 12.0. The molecule has 6 nitrogen and oxygen atoms in total. The van der Waals surface area contributed by atoms with Crippen LogP contribution in [-0.4, -0.2) is 18.2 Å². The second kappa shape index (κ2) is 6.65. The molecule has 128 valence electrons. The molecule has 1 aromatic heterocycles. The van der Waals surface area contributed by atoms with Gasteiger partial charge in [-0.15, -0.1) is 13.2 Å². The van der Waals surface area contributed by atoms with Crippen LogP contribution in [0.3, 0.4) is 0 Å². The highest BCUT2D eigenvalue weighted by molar-refractivity contribution is 5.99. The minimum atomic E-state index is -4.81. The summed E-state index contributed by atoms with van der Waals surface area (Å²) in [6, 6.07) is 5.77. The zero-order valence-corrected chi connectivity index (χ0v) is 12.7. The molecule has 1 aromatic carbocycles. The predicted molar refractivity (Wildman–Crippen MR) is 76.2 cm³/mol. The Morgan fingerprint density at radius 3 is 2.12 bits per heavy atom. The minimum absolute atomic E-state index is 0.0462. The molecule has 0 aliphatic carbocycles. The van der Waals surface area contributed by atoms with Crippen LogP contribution >= 0.6 is 0 Å². The Kier molecular flexibility index (Phi) is 4.82. The van der Waals surface area contributed by atoms with E-state index >= 15 is 0 Å². The number of benzene rings is 1. The van der Waals surface area contributed by atoms with Crippen LogP contribution in [0.25, 0.3) is 0 Å². The van der Waals surface area contributed by atoms with Gasteiger partial charge in [-0.1, -0.05) is 0 Å². The molecule has 24 heavy (non-hydrogen) atoms. The van der Waals surface area contributed by atoms with Crippen LogP contribution in [0.5, 0.6) is 5.75 Å². The van der Waals surface area contributed by atoms with E-state index in [9.17, 15) is 22.8 Å². The zero-order chi connectivity index (χ0) is 17.9. The Balaban J connectivity index is 1.95. The molecule has 2 aromatic rings. The number of furan rings is 1. The zero-order valence-electron chi connectivity index (χ0n) is 12.7. The smallest absolute Gasteiger partial charge is 0.466 e. The lowest BCUT2D eigenvalue weighted by atomic mass is 10.2. The topological polar surface area (TPSA) is 80.6 Å². The van der Waals surface area contributed by atoms with Crippen molar-refractivity contribution in [3.63, 3.8) is 0 Å². The summed E-state index contributed by atoms with van der Waals surface area (Å²) >= 11 is 0. The SMILES string of the molecule is Cc1cc(C(=O)NNC(=O)c2ccc(OC(F)(F)F)cc2)c(C)o1. The van der Waals surface area contributed by atoms with Crippen LogP contribution in [0.1, 0.15) is 32.2 Å². The van der Waals surface area contributed by atoms with E-state index in [1.54, 1.807) is 13.8 Å². The van der Waals surface area contributed by atoms with E-state index < -0.39 is 23.9 Å². The van der Waals surface area contributed by atoms with E-state index in [0.717, 1.165) is 24.3 Å². The molecular formula is C15H13F3N2O4. The molecule has 2 amide bonds. The van der Waals surface area contributed by atoms with Crippen molar-refractivity contribution in [2.45, 2.75) is 20.2 Å². The number of rotatable bonds is 3. The van der Waals surface area contributed by atoms with Gasteiger partial charge in [0.2, 0.25) is 0 Å². The van der Waals surface area contributed by atoms with Gasteiger partial charge < -0.3 is 9.15 Å². The van der Waals surface area contributed by atoms with Crippen LogP contribution in [-0.2, 0) is 0 Å². The summed E-state index contributed by atoms with van der Waals surface area (Å²) in [4.78, 5) is 23.7. The summed E-state index contributed by atoms with van der Waals surface area (Å²) in [5.74, 6) is -0.779. The lowest BCUT2D eigenvalue weighted by Crippen LogP contribution is -2.41. The third-order valence-corrected chi connectivity index (χ3v) is 2.93. The highest BCUT2D eigenvalue weighted by Gasteiger charge is 2.31. The van der Waals surface area contributed by atoms with E-state index in [4.69, 9.17) is 4.42 Å². The number of halogens is 3. The molecule has 2 N–H and O–H groups in total. The Bertz CT molecular complexity index is 751. The van der Waals surface area contributed by atoms with Crippen molar-refractivity contribution in [2.24, 2.45) is 0 Å². The number of alkyl halides is 3. The van der Waals surface area contributed by atoms with Crippen molar-refractivity contribution in [3.05, 3.63) is 53.0 Å². The molecule has 0 radical (unpaired) electrons. The van der Waals surface area contributed by atoms with Crippen LogP contribution in [0.4, 0.5) is 13.2 Å². The number of carbonyl (C=O) groups is 2. The second-order valence-corrected chi connectivity index (χ2v) is 4.81. The summed E-state index contributed by atoms with van der Waals surface area (Å²) in [5.41, 5.74) is 4.66. The largest absolute Gasteiger partial charge is 0.573 e. The fourth-order valence-electron chi connectivity index (χ4n) is 1.92. The van der Waals surface area contributed by atoms with Crippen molar-refractivity contribution in [1.29, 1.82) is 0 Å². The summed E-state index contributed by atoms with van der Waals surface area (Å²) in [7, 11) is 0. The molecule has 0 unspecified atom stereocenters. The van der Waals surface area contributed by atoms with Crippen molar-refractivity contribution in [1.82, 2.24) is 10.9 Å². The first-order valence-electron chi connectivity index (χ1n) is 6.69. The van der Waals surface area contributed by atoms with Crippen molar-refractivity contribution >= 4 is 11.8 Å². The Morgan fingerprint density at radius 1 is 1.04 bits per heavy atom. The summed E-state index contributed by atoms with van der Waals surface area (Å²) in [6.45, 7) is 3.27. The van der Waals surface area contributed by atoms with E-state index in [1.807, 2.05) is 0 Å². The van der Waals surface area contributed by atoms with E-state index in [-0.39, 0.29) is 11.1 Å². The van der Waals surface area contributed by atoms with E-state index in [0.29, 0.717) is 11.5 Å². The molecule has 9 heteroatoms. The first kappa shape index (κ1) is 17.4. The fraction of sp³-hybridized carbons (Fsp3) is 0.200. The van der Waals surface area contributed by atoms with Gasteiger partial charge in [-0.3, -0.25) is 20.4 Å². The molecule has 0 aliphatic heterocycles. The van der Waals surface area contributed by atoms with Crippen molar-refractivity contribution < 1.29 is 31.9 Å². The summed E-state index contributed by atoms with van der Waals surface area (Å²) in [5, 5.41) is 0. The van der Waals surface area contributed by atoms with Crippen LogP contribution in [0.15, 0.2) is 34.7 Å². The highest BCUT2D eigenvalue weighted by atomic mass is 19.4. The number of ether oxygens (including phenoxy) is 1. The van der Waals surface area contributed by atoms with Crippen molar-refractivity contribution in [3.8, 4) is 5.75 Å². The minimum Gasteiger partial charge on any atom is -0.466 e. The summed E-state index contributed by atoms with van der Waals surface area (Å²) < 4.78 is 45.0. The molecule has 2 rings (SSSR count). The van der Waals surface area contributed by atoms with Crippen molar-refractivity contribution in [2.75, 3.05) is 0 Å². The van der Waals surface area contributed by atoms with Gasteiger partial charge in [-0.25, -0.2) is 0 Å². The standard InChI is InChI=1S/C15H13F3N2O4/c1-8-7-12(9(2)23-8)14(22)20-19-13(21)10-3-5-11(6-4-10)24-15(16,17)18/h3-7H,1-2H3,(H,19,21)(H,20,22). The van der Waals surface area contributed by atoms with E-state index in [1.165, 1.54) is 6.07 Å². The average Bonchev–Trinajstić information content (AvgIpc) is 2.82. The third kappa shape index (κ3) is 4.51. The maximum absolute atomic E-state index is 12.0. The molecule has 1 heterocycles. The average molecular weight is 342 g/mol. The van der Waals surface area contributed by atoms with Gasteiger partial charge >= 0.3 is 6.36 Å². The van der Waals surface area contributed by atoms with Crippen LogP contribution < -0.4 is 15.6 Å². The van der Waals surface area contributed by atoms with Crippen LogP contribution in [0.2, 0.25) is 0 Å². The quantitative estimate of drug-likeness (QED) is 0.841. The van der Waals surface area contributed by atoms with Gasteiger partial charge in [-0.05, 0) is 44.2 Å². The molecule has 0 bridgehead atoms. The fourth-order valence-corrected chi connectivity index (χ4v) is 1.92. The Hall–Kier alpha value is -2.97. The van der Waals surface area contributed by atoms with Gasteiger partial charge in [0.25, 0.3) is 11.8 Å². The summed E-state index contributed by atoms with van der Waals surface area (Å²) in [6.07, 6.45) is -4.81. The van der Waals surface area contributed by atoms with Crippen LogP contribution in [0, 0.1) is 13.8 Å².